The van der Waals surface area contributed by atoms with Crippen LogP contribution in [0.4, 0.5) is 5.82 Å². The molecule has 2 heterocycles. The van der Waals surface area contributed by atoms with Gasteiger partial charge in [0.05, 0.1) is 5.56 Å². The Bertz CT molecular complexity index is 409. The normalized spacial score (nSPS) is 24.8. The van der Waals surface area contributed by atoms with Crippen molar-refractivity contribution < 1.29 is 9.90 Å². The first-order valence-electron chi connectivity index (χ1n) is 6.32. The van der Waals surface area contributed by atoms with E-state index in [4.69, 9.17) is 5.11 Å². The number of anilines is 1. The van der Waals surface area contributed by atoms with Crippen LogP contribution in [0.25, 0.3) is 0 Å². The van der Waals surface area contributed by atoms with Gasteiger partial charge >= 0.3 is 5.97 Å². The van der Waals surface area contributed by atoms with Gasteiger partial charge in [-0.2, -0.15) is 0 Å². The number of nitrogens with zero attached hydrogens (tertiary/aromatic N) is 2. The fourth-order valence-electron chi connectivity index (χ4n) is 2.36. The maximum Gasteiger partial charge on any atom is 0.337 e. The molecule has 0 amide bonds. The van der Waals surface area contributed by atoms with Crippen molar-refractivity contribution in [1.29, 1.82) is 0 Å². The summed E-state index contributed by atoms with van der Waals surface area (Å²) in [5.74, 6) is -0.255. The number of aromatic nitrogens is 1. The molecule has 0 radical (unpaired) electrons. The Morgan fingerprint density at radius 2 is 2.06 bits per heavy atom. The zero-order valence-corrected chi connectivity index (χ0v) is 10.8. The van der Waals surface area contributed by atoms with Crippen LogP contribution in [-0.2, 0) is 0 Å². The number of carbonyl (C=O) groups is 1. The molecule has 5 heteroatoms. The Labute approximate surface area is 107 Å². The number of hydrogen-bond acceptors (Lipinski definition) is 4. The van der Waals surface area contributed by atoms with Crippen LogP contribution in [0.2, 0.25) is 0 Å². The zero-order chi connectivity index (χ0) is 13.1. The van der Waals surface area contributed by atoms with E-state index in [1.54, 1.807) is 12.1 Å². The molecule has 0 aliphatic carbocycles. The van der Waals surface area contributed by atoms with Crippen molar-refractivity contribution in [2.45, 2.75) is 45.2 Å². The Hall–Kier alpha value is -1.62. The molecule has 1 saturated heterocycles. The minimum absolute atomic E-state index is 0.209. The first kappa shape index (κ1) is 12.8. The summed E-state index contributed by atoms with van der Waals surface area (Å²) in [6.07, 6.45) is 4.98. The van der Waals surface area contributed by atoms with E-state index in [9.17, 15) is 4.79 Å². The number of piperidine rings is 1. The summed E-state index contributed by atoms with van der Waals surface area (Å²) >= 11 is 0. The first-order valence-corrected chi connectivity index (χ1v) is 6.32. The summed E-state index contributed by atoms with van der Waals surface area (Å²) in [4.78, 5) is 14.9. The Balaban J connectivity index is 2.06. The van der Waals surface area contributed by atoms with Crippen LogP contribution in [0.5, 0.6) is 0 Å². The largest absolute Gasteiger partial charge is 0.478 e. The number of hydrogen-bond donors (Lipinski definition) is 2. The predicted octanol–water partition coefficient (Wildman–Crippen LogP) is 2.37. The van der Waals surface area contributed by atoms with Gasteiger partial charge in [0.15, 0.2) is 0 Å². The van der Waals surface area contributed by atoms with Crippen molar-refractivity contribution in [3.63, 3.8) is 0 Å². The quantitative estimate of drug-likeness (QED) is 0.861. The summed E-state index contributed by atoms with van der Waals surface area (Å²) in [5.41, 5.74) is 3.48. The molecule has 0 bridgehead atoms. The van der Waals surface area contributed by atoms with Gasteiger partial charge in [-0.05, 0) is 38.8 Å². The lowest BCUT2D eigenvalue weighted by atomic mass is 10.00. The standard InChI is InChI=1S/C13H19N3O2/c1-9-4-3-5-10(2)16(9)15-12-7-6-11(8-14-12)13(17)18/h6-10H,3-5H2,1-2H3,(H,14,15)(H,17,18). The van der Waals surface area contributed by atoms with Crippen molar-refractivity contribution in [1.82, 2.24) is 9.99 Å². The van der Waals surface area contributed by atoms with E-state index in [1.807, 2.05) is 0 Å². The summed E-state index contributed by atoms with van der Waals surface area (Å²) in [6.45, 7) is 4.38. The lowest BCUT2D eigenvalue weighted by molar-refractivity contribution is 0.0696. The van der Waals surface area contributed by atoms with Crippen LogP contribution in [0.1, 0.15) is 43.5 Å². The second kappa shape index (κ2) is 5.35. The number of hydrazine groups is 1. The van der Waals surface area contributed by atoms with Crippen LogP contribution >= 0.6 is 0 Å². The lowest BCUT2D eigenvalue weighted by Crippen LogP contribution is -2.47. The zero-order valence-electron chi connectivity index (χ0n) is 10.8. The van der Waals surface area contributed by atoms with Crippen LogP contribution in [0.15, 0.2) is 18.3 Å². The average molecular weight is 249 g/mol. The third kappa shape index (κ3) is 2.79. The molecule has 98 valence electrons. The average Bonchev–Trinajstić information content (AvgIpc) is 2.34. The van der Waals surface area contributed by atoms with Crippen LogP contribution < -0.4 is 5.43 Å². The van der Waals surface area contributed by atoms with Gasteiger partial charge in [0, 0.05) is 18.3 Å². The van der Waals surface area contributed by atoms with Gasteiger partial charge in [0.25, 0.3) is 0 Å². The van der Waals surface area contributed by atoms with E-state index in [1.165, 1.54) is 25.5 Å². The van der Waals surface area contributed by atoms with Gasteiger partial charge in [0.2, 0.25) is 0 Å². The maximum atomic E-state index is 10.7. The molecule has 18 heavy (non-hydrogen) atoms. The smallest absolute Gasteiger partial charge is 0.337 e. The van der Waals surface area contributed by atoms with Crippen LogP contribution in [0.3, 0.4) is 0 Å². The molecule has 2 N–H and O–H groups in total. The van der Waals surface area contributed by atoms with Crippen molar-refractivity contribution in [2.24, 2.45) is 0 Å². The summed E-state index contributed by atoms with van der Waals surface area (Å²) < 4.78 is 0. The van der Waals surface area contributed by atoms with E-state index in [0.29, 0.717) is 17.9 Å². The van der Waals surface area contributed by atoms with Crippen molar-refractivity contribution in [2.75, 3.05) is 5.43 Å². The van der Waals surface area contributed by atoms with E-state index >= 15 is 0 Å². The topological polar surface area (TPSA) is 65.5 Å². The molecule has 0 aromatic carbocycles. The highest BCUT2D eigenvalue weighted by molar-refractivity contribution is 5.87. The van der Waals surface area contributed by atoms with Crippen molar-refractivity contribution >= 4 is 11.8 Å². The molecule has 5 nitrogen and oxygen atoms in total. The maximum absolute atomic E-state index is 10.7. The Morgan fingerprint density at radius 3 is 2.56 bits per heavy atom. The summed E-state index contributed by atoms with van der Waals surface area (Å²) in [6, 6.07) is 4.21. The first-order chi connectivity index (χ1) is 8.58. The van der Waals surface area contributed by atoms with Gasteiger partial charge in [-0.3, -0.25) is 0 Å². The van der Waals surface area contributed by atoms with Crippen LogP contribution in [-0.4, -0.2) is 33.2 Å². The highest BCUT2D eigenvalue weighted by Crippen LogP contribution is 2.22. The number of aromatic carboxylic acids is 1. The molecule has 2 unspecified atom stereocenters. The number of pyridine rings is 1. The van der Waals surface area contributed by atoms with Gasteiger partial charge in [0.1, 0.15) is 5.82 Å². The molecule has 1 aromatic rings. The summed E-state index contributed by atoms with van der Waals surface area (Å²) in [7, 11) is 0. The molecule has 2 atom stereocenters. The minimum Gasteiger partial charge on any atom is -0.478 e. The predicted molar refractivity (Wildman–Crippen MR) is 69.4 cm³/mol. The molecular formula is C13H19N3O2. The van der Waals surface area contributed by atoms with E-state index < -0.39 is 5.97 Å². The highest BCUT2D eigenvalue weighted by atomic mass is 16.4. The van der Waals surface area contributed by atoms with Gasteiger partial charge in [-0.1, -0.05) is 6.42 Å². The second-order valence-corrected chi connectivity index (χ2v) is 4.89. The third-order valence-electron chi connectivity index (χ3n) is 3.45. The van der Waals surface area contributed by atoms with E-state index in [-0.39, 0.29) is 5.56 Å². The van der Waals surface area contributed by atoms with Gasteiger partial charge in [-0.15, -0.1) is 0 Å². The van der Waals surface area contributed by atoms with Crippen LogP contribution in [0, 0.1) is 0 Å². The molecule has 1 fully saturated rings. The van der Waals surface area contributed by atoms with Gasteiger partial charge in [-0.25, -0.2) is 14.8 Å². The molecule has 0 saturated carbocycles. The molecule has 2 rings (SSSR count). The monoisotopic (exact) mass is 249 g/mol. The van der Waals surface area contributed by atoms with Crippen molar-refractivity contribution in [3.8, 4) is 0 Å². The Morgan fingerprint density at radius 1 is 1.39 bits per heavy atom. The Kier molecular flexibility index (Phi) is 3.81. The number of carboxylic acids is 1. The molecule has 1 aliphatic rings. The number of carboxylic acid groups (broad SMARTS) is 1. The second-order valence-electron chi connectivity index (χ2n) is 4.89. The SMILES string of the molecule is CC1CCCC(C)N1Nc1ccc(C(=O)O)cn1. The fraction of sp³-hybridized carbons (Fsp3) is 0.538. The van der Waals surface area contributed by atoms with E-state index in [2.05, 4.69) is 29.3 Å². The third-order valence-corrected chi connectivity index (χ3v) is 3.45. The number of nitrogens with one attached hydrogen (secondary N) is 1. The lowest BCUT2D eigenvalue weighted by Gasteiger charge is -2.39. The molecule has 1 aromatic heterocycles. The minimum atomic E-state index is -0.950. The number of rotatable bonds is 3. The highest BCUT2D eigenvalue weighted by Gasteiger charge is 2.24. The molecule has 1 aliphatic heterocycles. The summed E-state index contributed by atoms with van der Waals surface area (Å²) in [5, 5.41) is 11.0. The fourth-order valence-corrected chi connectivity index (χ4v) is 2.36. The van der Waals surface area contributed by atoms with Crippen molar-refractivity contribution in [3.05, 3.63) is 23.9 Å². The van der Waals surface area contributed by atoms with E-state index in [0.717, 1.165) is 0 Å². The van der Waals surface area contributed by atoms with Gasteiger partial charge < -0.3 is 10.5 Å². The molecule has 0 spiro atoms. The molecular weight excluding hydrogens is 230 g/mol.